The molecule has 0 unspecified atom stereocenters. The molecule has 6 nitrogen and oxygen atoms in total. The van der Waals surface area contributed by atoms with Gasteiger partial charge in [0.05, 0.1) is 12.0 Å². The van der Waals surface area contributed by atoms with E-state index in [-0.39, 0.29) is 44.5 Å². The van der Waals surface area contributed by atoms with Crippen LogP contribution in [0.25, 0.3) is 0 Å². The fraction of sp³-hybridized carbons (Fsp3) is 0.650. The van der Waals surface area contributed by atoms with Crippen LogP contribution in [0.4, 0.5) is 13.2 Å². The Morgan fingerprint density at radius 2 is 1.73 bits per heavy atom. The third-order valence-corrected chi connectivity index (χ3v) is 8.02. The van der Waals surface area contributed by atoms with E-state index in [1.807, 2.05) is 0 Å². The van der Waals surface area contributed by atoms with Crippen molar-refractivity contribution in [3.63, 3.8) is 0 Å². The number of halogens is 3. The number of hydrogen-bond acceptors (Lipinski definition) is 3. The number of benzene rings is 1. The van der Waals surface area contributed by atoms with Crippen molar-refractivity contribution in [2.75, 3.05) is 33.2 Å². The Morgan fingerprint density at radius 1 is 1.10 bits per heavy atom. The molecule has 1 aliphatic carbocycles. The van der Waals surface area contributed by atoms with Gasteiger partial charge in [0, 0.05) is 39.3 Å². The van der Waals surface area contributed by atoms with Crippen molar-refractivity contribution in [2.45, 2.75) is 50.7 Å². The largest absolute Gasteiger partial charge is 0.416 e. The molecule has 0 bridgehead atoms. The lowest BCUT2D eigenvalue weighted by atomic mass is 9.96. The molecule has 30 heavy (non-hydrogen) atoms. The van der Waals surface area contributed by atoms with Gasteiger partial charge in [0.25, 0.3) is 10.2 Å². The monoisotopic (exact) mass is 447 g/mol. The second kappa shape index (κ2) is 9.23. The van der Waals surface area contributed by atoms with Crippen LogP contribution in [0.5, 0.6) is 0 Å². The number of nitrogens with zero attached hydrogens (tertiary/aromatic N) is 3. The van der Waals surface area contributed by atoms with Crippen molar-refractivity contribution < 1.29 is 26.4 Å². The molecule has 1 aromatic carbocycles. The summed E-state index contributed by atoms with van der Waals surface area (Å²) in [5.41, 5.74) is -0.489. The summed E-state index contributed by atoms with van der Waals surface area (Å²) in [4.78, 5) is 14.1. The highest BCUT2D eigenvalue weighted by atomic mass is 32.2. The predicted molar refractivity (Wildman–Crippen MR) is 107 cm³/mol. The molecule has 1 saturated carbocycles. The van der Waals surface area contributed by atoms with Crippen LogP contribution < -0.4 is 0 Å². The van der Waals surface area contributed by atoms with Crippen LogP contribution in [0.1, 0.15) is 43.2 Å². The first-order valence-electron chi connectivity index (χ1n) is 10.3. The minimum Gasteiger partial charge on any atom is -0.340 e. The van der Waals surface area contributed by atoms with Gasteiger partial charge in [-0.15, -0.1) is 0 Å². The summed E-state index contributed by atoms with van der Waals surface area (Å²) < 4.78 is 67.3. The van der Waals surface area contributed by atoms with Gasteiger partial charge in [0.15, 0.2) is 0 Å². The van der Waals surface area contributed by atoms with Gasteiger partial charge in [-0.2, -0.15) is 30.2 Å². The number of alkyl halides is 3. The average Bonchev–Trinajstić information content (AvgIpc) is 2.73. The molecule has 1 aliphatic heterocycles. The summed E-state index contributed by atoms with van der Waals surface area (Å²) >= 11 is 0. The summed E-state index contributed by atoms with van der Waals surface area (Å²) in [6.07, 6.45) is 0.333. The molecule has 168 valence electrons. The molecule has 10 heteroatoms. The first kappa shape index (κ1) is 23.0. The molecule has 0 N–H and O–H groups in total. The van der Waals surface area contributed by atoms with Gasteiger partial charge in [-0.05, 0) is 24.5 Å². The summed E-state index contributed by atoms with van der Waals surface area (Å²) in [7, 11) is -1.97. The van der Waals surface area contributed by atoms with Crippen LogP contribution in [0.3, 0.4) is 0 Å². The third-order valence-electron chi connectivity index (χ3n) is 5.98. The van der Waals surface area contributed by atoms with Gasteiger partial charge in [-0.3, -0.25) is 4.79 Å². The van der Waals surface area contributed by atoms with Crippen LogP contribution in [0.15, 0.2) is 24.3 Å². The zero-order valence-corrected chi connectivity index (χ0v) is 17.9. The molecule has 0 atom stereocenters. The van der Waals surface area contributed by atoms with E-state index in [2.05, 4.69) is 0 Å². The zero-order valence-electron chi connectivity index (χ0n) is 17.1. The Morgan fingerprint density at radius 3 is 2.33 bits per heavy atom. The molecule has 0 aromatic heterocycles. The minimum absolute atomic E-state index is 0.0179. The van der Waals surface area contributed by atoms with Crippen LogP contribution in [0, 0.1) is 0 Å². The molecule has 2 aliphatic rings. The van der Waals surface area contributed by atoms with Crippen molar-refractivity contribution >= 4 is 16.1 Å². The third kappa shape index (κ3) is 5.33. The number of hydrogen-bond donors (Lipinski definition) is 0. The molecule has 1 aromatic rings. The van der Waals surface area contributed by atoms with Crippen molar-refractivity contribution in [1.82, 2.24) is 13.5 Å². The topological polar surface area (TPSA) is 60.9 Å². The van der Waals surface area contributed by atoms with Gasteiger partial charge in [0.2, 0.25) is 5.91 Å². The Balaban J connectivity index is 1.56. The summed E-state index contributed by atoms with van der Waals surface area (Å²) in [5, 5.41) is 0. The first-order valence-corrected chi connectivity index (χ1v) is 11.7. The van der Waals surface area contributed by atoms with Crippen molar-refractivity contribution in [2.24, 2.45) is 0 Å². The maximum absolute atomic E-state index is 12.9. The zero-order chi connectivity index (χ0) is 21.9. The fourth-order valence-electron chi connectivity index (χ4n) is 4.13. The van der Waals surface area contributed by atoms with Crippen molar-refractivity contribution in [3.8, 4) is 0 Å². The number of carbonyl (C=O) groups is 1. The molecule has 0 spiro atoms. The maximum atomic E-state index is 12.9. The molecule has 1 amide bonds. The lowest BCUT2D eigenvalue weighted by Gasteiger charge is -2.38. The molecular formula is C20H28F3N3O3S. The quantitative estimate of drug-likeness (QED) is 0.698. The van der Waals surface area contributed by atoms with Gasteiger partial charge < -0.3 is 4.90 Å². The molecular weight excluding hydrogens is 419 g/mol. The summed E-state index contributed by atoms with van der Waals surface area (Å²) in [6.45, 7) is 0.840. The lowest BCUT2D eigenvalue weighted by Crippen LogP contribution is -2.55. The van der Waals surface area contributed by atoms with Gasteiger partial charge >= 0.3 is 6.18 Å². The normalized spacial score (nSPS) is 20.0. The maximum Gasteiger partial charge on any atom is 0.416 e. The van der Waals surface area contributed by atoms with Crippen LogP contribution >= 0.6 is 0 Å². The smallest absolute Gasteiger partial charge is 0.340 e. The summed E-state index contributed by atoms with van der Waals surface area (Å²) in [5.74, 6) is -0.299. The van der Waals surface area contributed by atoms with Crippen molar-refractivity contribution in [3.05, 3.63) is 35.4 Å². The molecule has 1 saturated heterocycles. The van der Waals surface area contributed by atoms with E-state index in [9.17, 15) is 26.4 Å². The summed E-state index contributed by atoms with van der Waals surface area (Å²) in [6, 6.07) is 4.76. The second-order valence-corrected chi connectivity index (χ2v) is 9.96. The van der Waals surface area contributed by atoms with E-state index < -0.39 is 21.9 Å². The Hall–Kier alpha value is -1.65. The van der Waals surface area contributed by atoms with E-state index in [0.29, 0.717) is 5.56 Å². The van der Waals surface area contributed by atoms with Crippen LogP contribution in [0.2, 0.25) is 0 Å². The van der Waals surface area contributed by atoms with E-state index >= 15 is 0 Å². The predicted octanol–water partition coefficient (Wildman–Crippen LogP) is 2.90. The van der Waals surface area contributed by atoms with E-state index in [0.717, 1.165) is 44.2 Å². The average molecular weight is 448 g/mol. The van der Waals surface area contributed by atoms with Crippen LogP contribution in [-0.2, 0) is 27.6 Å². The van der Waals surface area contributed by atoms with Gasteiger partial charge in [-0.25, -0.2) is 0 Å². The fourth-order valence-corrected chi connectivity index (χ4v) is 5.70. The molecule has 3 rings (SSSR count). The molecule has 1 heterocycles. The van der Waals surface area contributed by atoms with Gasteiger partial charge in [0.1, 0.15) is 0 Å². The van der Waals surface area contributed by atoms with Gasteiger partial charge in [-0.1, -0.05) is 37.5 Å². The van der Waals surface area contributed by atoms with Crippen LogP contribution in [-0.4, -0.2) is 67.1 Å². The minimum atomic E-state index is -4.45. The molecule has 2 fully saturated rings. The van der Waals surface area contributed by atoms with E-state index in [4.69, 9.17) is 0 Å². The number of amides is 1. The Labute approximate surface area is 175 Å². The second-order valence-electron chi connectivity index (χ2n) is 7.97. The Kier molecular flexibility index (Phi) is 7.09. The standard InChI is InChI=1S/C20H28F3N3O3S/c1-24(18-8-3-2-4-9-18)30(28,29)26-12-10-25(11-13-26)19(27)15-16-6-5-7-17(14-16)20(21,22)23/h5-7,14,18H,2-4,8-13,15H2,1H3. The van der Waals surface area contributed by atoms with E-state index in [1.165, 1.54) is 25.6 Å². The van der Waals surface area contributed by atoms with E-state index in [1.54, 1.807) is 7.05 Å². The lowest BCUT2D eigenvalue weighted by molar-refractivity contribution is -0.138. The SMILES string of the molecule is CN(C1CCCCC1)S(=O)(=O)N1CCN(C(=O)Cc2cccc(C(F)(F)F)c2)CC1. The first-order chi connectivity index (χ1) is 14.1. The highest BCUT2D eigenvalue weighted by Gasteiger charge is 2.35. The Bertz CT molecular complexity index is 846. The highest BCUT2D eigenvalue weighted by molar-refractivity contribution is 7.86. The highest BCUT2D eigenvalue weighted by Crippen LogP contribution is 2.30. The number of piperazine rings is 1. The van der Waals surface area contributed by atoms with Crippen molar-refractivity contribution in [1.29, 1.82) is 0 Å². The number of carbonyl (C=O) groups excluding carboxylic acids is 1. The molecule has 0 radical (unpaired) electrons. The number of rotatable bonds is 5.